The Morgan fingerprint density at radius 1 is 1.28 bits per heavy atom. The molecule has 0 bridgehead atoms. The summed E-state index contributed by atoms with van der Waals surface area (Å²) in [5.41, 5.74) is 9.15. The number of rotatable bonds is 3. The Morgan fingerprint density at radius 3 is 2.61 bits per heavy atom. The minimum atomic E-state index is -0.268. The normalized spacial score (nSPS) is 10.9. The second-order valence-electron chi connectivity index (χ2n) is 4.07. The lowest BCUT2D eigenvalue weighted by Gasteiger charge is -2.10. The molecule has 1 aromatic heterocycles. The third-order valence-electron chi connectivity index (χ3n) is 2.86. The van der Waals surface area contributed by atoms with Gasteiger partial charge in [-0.2, -0.15) is 5.10 Å². The smallest absolute Gasteiger partial charge is 0.138 e. The number of halogens is 2. The van der Waals surface area contributed by atoms with Crippen LogP contribution in [0.4, 0.5) is 10.1 Å². The number of nitrogens with zero attached hydrogens (tertiary/aromatic N) is 2. The van der Waals surface area contributed by atoms with Crippen LogP contribution in [0, 0.1) is 9.39 Å². The van der Waals surface area contributed by atoms with Crippen LogP contribution < -0.4 is 5.73 Å². The molecule has 2 aromatic rings. The first-order valence-corrected chi connectivity index (χ1v) is 6.97. The largest absolute Gasteiger partial charge is 0.397 e. The van der Waals surface area contributed by atoms with Crippen LogP contribution in [-0.2, 0) is 12.8 Å². The van der Waals surface area contributed by atoms with E-state index in [0.29, 0.717) is 14.9 Å². The monoisotopic (exact) mass is 359 g/mol. The molecule has 0 fully saturated rings. The third kappa shape index (κ3) is 2.36. The zero-order valence-electron chi connectivity index (χ0n) is 10.4. The number of nitrogen functional groups attached to an aromatic ring is 1. The van der Waals surface area contributed by atoms with Crippen LogP contribution >= 0.6 is 22.6 Å². The highest BCUT2D eigenvalue weighted by atomic mass is 127. The molecule has 0 saturated heterocycles. The van der Waals surface area contributed by atoms with E-state index in [1.807, 2.05) is 42.5 Å². The van der Waals surface area contributed by atoms with Gasteiger partial charge >= 0.3 is 0 Å². The summed E-state index contributed by atoms with van der Waals surface area (Å²) in [5.74, 6) is -0.268. The Labute approximate surface area is 119 Å². The van der Waals surface area contributed by atoms with E-state index in [-0.39, 0.29) is 5.82 Å². The van der Waals surface area contributed by atoms with Crippen molar-refractivity contribution in [2.24, 2.45) is 0 Å². The lowest BCUT2D eigenvalue weighted by atomic mass is 10.2. The van der Waals surface area contributed by atoms with Crippen LogP contribution in [0.1, 0.15) is 25.2 Å². The molecule has 0 saturated carbocycles. The van der Waals surface area contributed by atoms with Gasteiger partial charge in [0.25, 0.3) is 0 Å². The van der Waals surface area contributed by atoms with Crippen molar-refractivity contribution >= 4 is 28.3 Å². The molecule has 0 aliphatic rings. The third-order valence-corrected chi connectivity index (χ3v) is 3.68. The van der Waals surface area contributed by atoms with E-state index in [1.165, 1.54) is 6.07 Å². The first-order valence-electron chi connectivity index (χ1n) is 5.89. The maximum Gasteiger partial charge on any atom is 0.138 e. The average molecular weight is 359 g/mol. The summed E-state index contributed by atoms with van der Waals surface area (Å²) in [4.78, 5) is 0. The Morgan fingerprint density at radius 2 is 2.00 bits per heavy atom. The number of hydrogen-bond donors (Lipinski definition) is 1. The molecule has 0 aliphatic heterocycles. The lowest BCUT2D eigenvalue weighted by molar-refractivity contribution is 0.617. The molecule has 3 nitrogen and oxygen atoms in total. The van der Waals surface area contributed by atoms with Crippen molar-refractivity contribution < 1.29 is 4.39 Å². The Balaban J connectivity index is 2.60. The van der Waals surface area contributed by atoms with E-state index in [1.54, 1.807) is 10.7 Å². The fraction of sp³-hybridized carbons (Fsp3) is 0.308. The second kappa shape index (κ2) is 5.26. The minimum absolute atomic E-state index is 0.268. The van der Waals surface area contributed by atoms with E-state index in [2.05, 4.69) is 5.10 Å². The summed E-state index contributed by atoms with van der Waals surface area (Å²) in [6.45, 7) is 4.09. The van der Waals surface area contributed by atoms with Gasteiger partial charge in [-0.1, -0.05) is 13.8 Å². The molecule has 1 heterocycles. The van der Waals surface area contributed by atoms with Gasteiger partial charge in [-0.05, 0) is 47.6 Å². The summed E-state index contributed by atoms with van der Waals surface area (Å²) < 4.78 is 15.9. The molecule has 0 aliphatic carbocycles. The van der Waals surface area contributed by atoms with Crippen LogP contribution in [0.25, 0.3) is 5.69 Å². The van der Waals surface area contributed by atoms with E-state index in [4.69, 9.17) is 5.73 Å². The topological polar surface area (TPSA) is 43.8 Å². The van der Waals surface area contributed by atoms with Gasteiger partial charge in [0.1, 0.15) is 5.82 Å². The molecular weight excluding hydrogens is 344 g/mol. The van der Waals surface area contributed by atoms with Crippen molar-refractivity contribution in [1.82, 2.24) is 9.78 Å². The quantitative estimate of drug-likeness (QED) is 0.675. The predicted molar refractivity (Wildman–Crippen MR) is 79.4 cm³/mol. The zero-order valence-corrected chi connectivity index (χ0v) is 12.5. The molecule has 18 heavy (non-hydrogen) atoms. The number of nitrogens with two attached hydrogens (primary N) is 1. The van der Waals surface area contributed by atoms with Crippen molar-refractivity contribution in [2.75, 3.05) is 5.73 Å². The molecule has 0 amide bonds. The first-order chi connectivity index (χ1) is 8.56. The molecule has 1 aromatic carbocycles. The van der Waals surface area contributed by atoms with Crippen molar-refractivity contribution in [3.8, 4) is 5.69 Å². The number of hydrogen-bond acceptors (Lipinski definition) is 2. The number of aromatic nitrogens is 2. The van der Waals surface area contributed by atoms with Crippen LogP contribution in [0.3, 0.4) is 0 Å². The Bertz CT molecular complexity index is 578. The predicted octanol–water partition coefficient (Wildman–Crippen LogP) is 3.32. The van der Waals surface area contributed by atoms with E-state index >= 15 is 0 Å². The maximum atomic E-state index is 13.7. The number of anilines is 1. The molecule has 0 spiro atoms. The molecule has 0 atom stereocenters. The van der Waals surface area contributed by atoms with Crippen molar-refractivity contribution in [3.63, 3.8) is 0 Å². The minimum Gasteiger partial charge on any atom is -0.397 e. The molecule has 2 rings (SSSR count). The van der Waals surface area contributed by atoms with E-state index in [9.17, 15) is 4.39 Å². The highest BCUT2D eigenvalue weighted by Gasteiger charge is 2.12. The first kappa shape index (κ1) is 13.3. The van der Waals surface area contributed by atoms with Gasteiger partial charge < -0.3 is 5.73 Å². The fourth-order valence-electron chi connectivity index (χ4n) is 1.84. The fourth-order valence-corrected chi connectivity index (χ4v) is 2.33. The summed E-state index contributed by atoms with van der Waals surface area (Å²) in [6, 6.07) is 5.12. The Hall–Kier alpha value is -1.11. The van der Waals surface area contributed by atoms with Gasteiger partial charge in [0.2, 0.25) is 0 Å². The maximum absolute atomic E-state index is 13.7. The molecule has 5 heteroatoms. The number of benzene rings is 1. The second-order valence-corrected chi connectivity index (χ2v) is 5.23. The van der Waals surface area contributed by atoms with Crippen molar-refractivity contribution in [3.05, 3.63) is 39.0 Å². The van der Waals surface area contributed by atoms with Crippen molar-refractivity contribution in [1.29, 1.82) is 0 Å². The van der Waals surface area contributed by atoms with Crippen LogP contribution in [0.2, 0.25) is 0 Å². The van der Waals surface area contributed by atoms with Gasteiger partial charge in [0, 0.05) is 11.8 Å². The van der Waals surface area contributed by atoms with Gasteiger partial charge in [0.05, 0.1) is 20.6 Å². The Kier molecular flexibility index (Phi) is 3.89. The van der Waals surface area contributed by atoms with Crippen LogP contribution in [-0.4, -0.2) is 9.78 Å². The molecule has 0 radical (unpaired) electrons. The van der Waals surface area contributed by atoms with Gasteiger partial charge in [-0.3, -0.25) is 0 Å². The molecular formula is C13H15FIN3. The van der Waals surface area contributed by atoms with E-state index < -0.39 is 0 Å². The lowest BCUT2D eigenvalue weighted by Crippen LogP contribution is -2.06. The highest BCUT2D eigenvalue weighted by Crippen LogP contribution is 2.24. The summed E-state index contributed by atoms with van der Waals surface area (Å²) in [5, 5.41) is 4.47. The standard InChI is InChI=1S/C13H15FIN3/c1-3-8-5-9(4-2)18(17-8)13-6-10(14)11(15)7-12(13)16/h5-7H,3-4,16H2,1-2H3. The molecule has 2 N–H and O–H groups in total. The zero-order chi connectivity index (χ0) is 13.3. The SMILES string of the molecule is CCc1cc(CC)n(-c2cc(F)c(I)cc2N)n1. The summed E-state index contributed by atoms with van der Waals surface area (Å²) >= 11 is 1.93. The van der Waals surface area contributed by atoms with E-state index in [0.717, 1.165) is 24.2 Å². The van der Waals surface area contributed by atoms with Crippen molar-refractivity contribution in [2.45, 2.75) is 26.7 Å². The van der Waals surface area contributed by atoms with Gasteiger partial charge in [0.15, 0.2) is 0 Å². The number of aryl methyl sites for hydroxylation is 2. The van der Waals surface area contributed by atoms with Crippen LogP contribution in [0.5, 0.6) is 0 Å². The van der Waals surface area contributed by atoms with Gasteiger partial charge in [-0.25, -0.2) is 9.07 Å². The highest BCUT2D eigenvalue weighted by molar-refractivity contribution is 14.1. The summed E-state index contributed by atoms with van der Waals surface area (Å²) in [6.07, 6.45) is 1.69. The molecule has 96 valence electrons. The van der Waals surface area contributed by atoms with Crippen LogP contribution in [0.15, 0.2) is 18.2 Å². The molecule has 0 unspecified atom stereocenters. The van der Waals surface area contributed by atoms with Gasteiger partial charge in [-0.15, -0.1) is 0 Å². The average Bonchev–Trinajstić information content (AvgIpc) is 2.77. The summed E-state index contributed by atoms with van der Waals surface area (Å²) in [7, 11) is 0.